The highest BCUT2D eigenvalue weighted by Gasteiger charge is 2.12. The van der Waals surface area contributed by atoms with Crippen molar-refractivity contribution in [3.63, 3.8) is 0 Å². The van der Waals surface area contributed by atoms with Crippen molar-refractivity contribution < 1.29 is 9.59 Å². The van der Waals surface area contributed by atoms with E-state index in [4.69, 9.17) is 11.6 Å². The maximum Gasteiger partial charge on any atom is 0.272 e. The minimum absolute atomic E-state index is 0.154. The van der Waals surface area contributed by atoms with Crippen LogP contribution in [-0.2, 0) is 4.79 Å². The molecule has 1 heterocycles. The van der Waals surface area contributed by atoms with E-state index in [0.29, 0.717) is 10.7 Å². The van der Waals surface area contributed by atoms with Crippen molar-refractivity contribution in [2.75, 3.05) is 11.9 Å². The molecule has 0 saturated heterocycles. The molecule has 3 rings (SSSR count). The number of benzene rings is 2. The van der Waals surface area contributed by atoms with E-state index in [1.165, 1.54) is 0 Å². The van der Waals surface area contributed by atoms with Gasteiger partial charge in [-0.3, -0.25) is 9.59 Å². The van der Waals surface area contributed by atoms with E-state index in [-0.39, 0.29) is 18.1 Å². The van der Waals surface area contributed by atoms with Gasteiger partial charge in [0.05, 0.1) is 12.2 Å². The molecule has 0 spiro atoms. The number of amides is 2. The zero-order valence-electron chi connectivity index (χ0n) is 13.4. The molecule has 3 aromatic rings. The zero-order valence-corrected chi connectivity index (χ0v) is 15.8. The van der Waals surface area contributed by atoms with Crippen LogP contribution in [0.5, 0.6) is 0 Å². The molecule has 0 radical (unpaired) electrons. The van der Waals surface area contributed by atoms with Gasteiger partial charge in [0, 0.05) is 21.4 Å². The Morgan fingerprint density at radius 1 is 1.12 bits per heavy atom. The molecule has 0 aliphatic rings. The Labute approximate surface area is 163 Å². The Morgan fingerprint density at radius 3 is 2.62 bits per heavy atom. The normalized spacial score (nSPS) is 10.4. The molecule has 0 fully saturated rings. The number of aromatic nitrogens is 2. The van der Waals surface area contributed by atoms with E-state index < -0.39 is 5.91 Å². The van der Waals surface area contributed by atoms with Crippen molar-refractivity contribution in [3.8, 4) is 5.69 Å². The van der Waals surface area contributed by atoms with Crippen LogP contribution in [0.25, 0.3) is 5.69 Å². The monoisotopic (exact) mass is 432 g/mol. The van der Waals surface area contributed by atoms with Gasteiger partial charge in [0.1, 0.15) is 0 Å². The number of rotatable bonds is 5. The van der Waals surface area contributed by atoms with Crippen LogP contribution in [0.2, 0.25) is 5.02 Å². The summed E-state index contributed by atoms with van der Waals surface area (Å²) in [4.78, 5) is 24.1. The van der Waals surface area contributed by atoms with Gasteiger partial charge < -0.3 is 10.6 Å². The number of carbonyl (C=O) groups is 2. The van der Waals surface area contributed by atoms with E-state index in [9.17, 15) is 9.59 Å². The van der Waals surface area contributed by atoms with Gasteiger partial charge in [-0.25, -0.2) is 4.68 Å². The van der Waals surface area contributed by atoms with Crippen LogP contribution in [0.15, 0.2) is 65.3 Å². The average molecular weight is 434 g/mol. The molecule has 8 heteroatoms. The van der Waals surface area contributed by atoms with Gasteiger partial charge in [-0.2, -0.15) is 5.10 Å². The molecular formula is C18H14BrClN4O2. The highest BCUT2D eigenvalue weighted by atomic mass is 79.9. The molecule has 0 saturated carbocycles. The minimum Gasteiger partial charge on any atom is -0.342 e. The number of hydrogen-bond acceptors (Lipinski definition) is 3. The van der Waals surface area contributed by atoms with Gasteiger partial charge in [0.25, 0.3) is 5.91 Å². The summed E-state index contributed by atoms with van der Waals surface area (Å²) >= 11 is 9.28. The predicted molar refractivity (Wildman–Crippen MR) is 104 cm³/mol. The second-order valence-electron chi connectivity index (χ2n) is 5.36. The number of anilines is 1. The van der Waals surface area contributed by atoms with Crippen molar-refractivity contribution in [2.24, 2.45) is 0 Å². The molecule has 0 aliphatic heterocycles. The highest BCUT2D eigenvalue weighted by Crippen LogP contribution is 2.15. The van der Waals surface area contributed by atoms with Crippen LogP contribution in [0.4, 0.5) is 5.69 Å². The van der Waals surface area contributed by atoms with Gasteiger partial charge in [-0.05, 0) is 48.5 Å². The average Bonchev–Trinajstić information content (AvgIpc) is 3.12. The predicted octanol–water partition coefficient (Wildman–Crippen LogP) is 3.66. The number of nitrogens with zero attached hydrogens (tertiary/aromatic N) is 2. The van der Waals surface area contributed by atoms with Crippen LogP contribution in [0, 0.1) is 0 Å². The molecule has 2 amide bonds. The molecule has 0 bridgehead atoms. The topological polar surface area (TPSA) is 76.0 Å². The lowest BCUT2D eigenvalue weighted by Gasteiger charge is -2.06. The van der Waals surface area contributed by atoms with Gasteiger partial charge in [0.15, 0.2) is 5.69 Å². The van der Waals surface area contributed by atoms with E-state index >= 15 is 0 Å². The van der Waals surface area contributed by atoms with Gasteiger partial charge >= 0.3 is 0 Å². The molecule has 0 unspecified atom stereocenters. The van der Waals surface area contributed by atoms with Crippen LogP contribution in [0.1, 0.15) is 10.5 Å². The summed E-state index contributed by atoms with van der Waals surface area (Å²) in [6.45, 7) is -0.154. The molecular weight excluding hydrogens is 420 g/mol. The Hall–Kier alpha value is -2.64. The summed E-state index contributed by atoms with van der Waals surface area (Å²) in [6, 6.07) is 15.8. The quantitative estimate of drug-likeness (QED) is 0.645. The van der Waals surface area contributed by atoms with Crippen molar-refractivity contribution in [1.29, 1.82) is 0 Å². The summed E-state index contributed by atoms with van der Waals surface area (Å²) in [7, 11) is 0. The Bertz CT molecular complexity index is 940. The van der Waals surface area contributed by atoms with Gasteiger partial charge in [0.2, 0.25) is 5.91 Å². The first-order valence-corrected chi connectivity index (χ1v) is 8.83. The van der Waals surface area contributed by atoms with Crippen molar-refractivity contribution in [3.05, 3.63) is 76.0 Å². The third-order valence-electron chi connectivity index (χ3n) is 3.43. The summed E-state index contributed by atoms with van der Waals surface area (Å²) in [6.07, 6.45) is 1.66. The summed E-state index contributed by atoms with van der Waals surface area (Å²) < 4.78 is 2.46. The molecule has 2 aromatic carbocycles. The van der Waals surface area contributed by atoms with E-state index in [1.807, 2.05) is 18.2 Å². The summed E-state index contributed by atoms with van der Waals surface area (Å²) in [5, 5.41) is 10.0. The van der Waals surface area contributed by atoms with Crippen molar-refractivity contribution >= 4 is 45.0 Å². The number of nitrogens with one attached hydrogen (secondary N) is 2. The van der Waals surface area contributed by atoms with E-state index in [2.05, 4.69) is 31.7 Å². The number of hydrogen-bond donors (Lipinski definition) is 2. The van der Waals surface area contributed by atoms with Gasteiger partial charge in [-0.1, -0.05) is 33.6 Å². The standard InChI is InChI=1S/C18H14BrClN4O2/c19-12-4-6-14(7-5-12)22-17(25)11-21-18(26)16-8-9-24(23-16)15-3-1-2-13(20)10-15/h1-10H,11H2,(H,21,26)(H,22,25). The van der Waals surface area contributed by atoms with Crippen LogP contribution < -0.4 is 10.6 Å². The highest BCUT2D eigenvalue weighted by molar-refractivity contribution is 9.10. The van der Waals surface area contributed by atoms with E-state index in [0.717, 1.165) is 10.2 Å². The second kappa shape index (κ2) is 8.16. The largest absolute Gasteiger partial charge is 0.342 e. The maximum atomic E-state index is 12.2. The van der Waals surface area contributed by atoms with Crippen molar-refractivity contribution in [2.45, 2.75) is 0 Å². The lowest BCUT2D eigenvalue weighted by atomic mass is 10.3. The SMILES string of the molecule is O=C(CNC(=O)c1ccn(-c2cccc(Cl)c2)n1)Nc1ccc(Br)cc1. The molecule has 2 N–H and O–H groups in total. The molecule has 0 aliphatic carbocycles. The lowest BCUT2D eigenvalue weighted by Crippen LogP contribution is -2.33. The third kappa shape index (κ3) is 4.71. The Kier molecular flexibility index (Phi) is 5.70. The smallest absolute Gasteiger partial charge is 0.272 e. The number of halogens is 2. The zero-order chi connectivity index (χ0) is 18.5. The number of carbonyl (C=O) groups excluding carboxylic acids is 2. The van der Waals surface area contributed by atoms with Gasteiger partial charge in [-0.15, -0.1) is 0 Å². The second-order valence-corrected chi connectivity index (χ2v) is 6.72. The van der Waals surface area contributed by atoms with E-state index in [1.54, 1.807) is 47.3 Å². The van der Waals surface area contributed by atoms with Crippen LogP contribution >= 0.6 is 27.5 Å². The maximum absolute atomic E-state index is 12.2. The molecule has 6 nitrogen and oxygen atoms in total. The first-order valence-electron chi connectivity index (χ1n) is 7.66. The Morgan fingerprint density at radius 2 is 1.88 bits per heavy atom. The first kappa shape index (κ1) is 18.2. The fourth-order valence-electron chi connectivity index (χ4n) is 2.20. The fraction of sp³-hybridized carbons (Fsp3) is 0.0556. The summed E-state index contributed by atoms with van der Waals surface area (Å²) in [5.74, 6) is -0.758. The third-order valence-corrected chi connectivity index (χ3v) is 4.20. The molecule has 26 heavy (non-hydrogen) atoms. The summed E-state index contributed by atoms with van der Waals surface area (Å²) in [5.41, 5.74) is 1.60. The molecule has 1 aromatic heterocycles. The van der Waals surface area contributed by atoms with Crippen LogP contribution in [0.3, 0.4) is 0 Å². The first-order chi connectivity index (χ1) is 12.5. The molecule has 132 valence electrons. The van der Waals surface area contributed by atoms with Crippen molar-refractivity contribution in [1.82, 2.24) is 15.1 Å². The minimum atomic E-state index is -0.434. The van der Waals surface area contributed by atoms with Crippen LogP contribution in [-0.4, -0.2) is 28.1 Å². The Balaban J connectivity index is 1.57. The molecule has 0 atom stereocenters. The lowest BCUT2D eigenvalue weighted by molar-refractivity contribution is -0.115. The fourth-order valence-corrected chi connectivity index (χ4v) is 2.65.